The van der Waals surface area contributed by atoms with Crippen molar-refractivity contribution in [1.82, 2.24) is 15.3 Å². The van der Waals surface area contributed by atoms with Crippen LogP contribution in [0.3, 0.4) is 0 Å². The van der Waals surface area contributed by atoms with E-state index in [0.717, 1.165) is 0 Å². The zero-order valence-electron chi connectivity index (χ0n) is 12.4. The number of carbonyl (C=O) groups is 1. The largest absolute Gasteiger partial charge is 0.354 e. The van der Waals surface area contributed by atoms with E-state index in [0.29, 0.717) is 12.2 Å². The van der Waals surface area contributed by atoms with Crippen molar-refractivity contribution in [3.8, 4) is 0 Å². The van der Waals surface area contributed by atoms with Crippen LogP contribution in [0, 0.1) is 0 Å². The molecule has 2 rings (SSSR count). The molecule has 116 valence electrons. The van der Waals surface area contributed by atoms with E-state index in [1.54, 1.807) is 7.05 Å². The second kappa shape index (κ2) is 5.97. The zero-order valence-corrected chi connectivity index (χ0v) is 13.2. The van der Waals surface area contributed by atoms with Gasteiger partial charge in [0.1, 0.15) is 11.5 Å². The molecule has 0 radical (unpaired) electrons. The fourth-order valence-electron chi connectivity index (χ4n) is 2.22. The van der Waals surface area contributed by atoms with Crippen LogP contribution in [0.15, 0.2) is 12.4 Å². The molecule has 8 heteroatoms. The fraction of sp³-hybridized carbons (Fsp3) is 0.615. The lowest BCUT2D eigenvalue weighted by molar-refractivity contribution is 0.0937. The molecule has 0 aliphatic carbocycles. The molecule has 21 heavy (non-hydrogen) atoms. The minimum atomic E-state index is -2.94. The van der Waals surface area contributed by atoms with Gasteiger partial charge in [-0.1, -0.05) is 0 Å². The first-order valence-electron chi connectivity index (χ1n) is 6.84. The van der Waals surface area contributed by atoms with Crippen LogP contribution in [0.1, 0.15) is 30.8 Å². The Morgan fingerprint density at radius 2 is 2.10 bits per heavy atom. The fourth-order valence-corrected chi connectivity index (χ4v) is 4.00. The van der Waals surface area contributed by atoms with Crippen molar-refractivity contribution in [3.05, 3.63) is 18.1 Å². The van der Waals surface area contributed by atoms with Crippen LogP contribution in [0.2, 0.25) is 0 Å². The minimum Gasteiger partial charge on any atom is -0.354 e. The summed E-state index contributed by atoms with van der Waals surface area (Å²) in [6, 6.07) is -0.0509. The Morgan fingerprint density at radius 3 is 2.57 bits per heavy atom. The number of amides is 1. The molecule has 0 aromatic carbocycles. The highest BCUT2D eigenvalue weighted by atomic mass is 32.2. The summed E-state index contributed by atoms with van der Waals surface area (Å²) in [6.45, 7) is 3.74. The Balaban J connectivity index is 2.07. The molecule has 1 aromatic heterocycles. The van der Waals surface area contributed by atoms with Crippen LogP contribution < -0.4 is 10.2 Å². The molecule has 1 N–H and O–H groups in total. The molecule has 1 saturated heterocycles. The lowest BCUT2D eigenvalue weighted by Gasteiger charge is -2.24. The molecule has 1 amide bonds. The molecule has 0 spiro atoms. The first-order chi connectivity index (χ1) is 9.78. The molecule has 1 unspecified atom stereocenters. The van der Waals surface area contributed by atoms with Crippen LogP contribution >= 0.6 is 0 Å². The highest BCUT2D eigenvalue weighted by Gasteiger charge is 2.31. The second-order valence-electron chi connectivity index (χ2n) is 5.56. The summed E-state index contributed by atoms with van der Waals surface area (Å²) in [6.07, 6.45) is 3.50. The third-order valence-corrected chi connectivity index (χ3v) is 5.16. The third kappa shape index (κ3) is 3.90. The van der Waals surface area contributed by atoms with Gasteiger partial charge in [0.15, 0.2) is 9.84 Å². The Labute approximate surface area is 124 Å². The van der Waals surface area contributed by atoms with E-state index >= 15 is 0 Å². The predicted octanol–water partition coefficient (Wildman–Crippen LogP) is 0.238. The number of sulfone groups is 1. The minimum absolute atomic E-state index is 0.0327. The molecule has 1 fully saturated rings. The van der Waals surface area contributed by atoms with E-state index in [-0.39, 0.29) is 35.2 Å². The number of carbonyl (C=O) groups excluding carboxylic acids is 1. The Hall–Kier alpha value is -1.70. The van der Waals surface area contributed by atoms with Crippen LogP contribution in [0.5, 0.6) is 0 Å². The number of hydrogen-bond acceptors (Lipinski definition) is 6. The molecule has 1 aromatic rings. The van der Waals surface area contributed by atoms with Crippen molar-refractivity contribution in [2.75, 3.05) is 23.5 Å². The molecule has 1 aliphatic heterocycles. The zero-order chi connectivity index (χ0) is 15.6. The first-order valence-corrected chi connectivity index (χ1v) is 8.67. The summed E-state index contributed by atoms with van der Waals surface area (Å²) in [5.41, 5.74) is 0.250. The maximum Gasteiger partial charge on any atom is 0.271 e. The van der Waals surface area contributed by atoms with Gasteiger partial charge in [-0.2, -0.15) is 0 Å². The monoisotopic (exact) mass is 312 g/mol. The number of hydrogen-bond donors (Lipinski definition) is 1. The van der Waals surface area contributed by atoms with Gasteiger partial charge in [-0.25, -0.2) is 18.4 Å². The summed E-state index contributed by atoms with van der Waals surface area (Å²) >= 11 is 0. The summed E-state index contributed by atoms with van der Waals surface area (Å²) in [5.74, 6) is 0.652. The average molecular weight is 312 g/mol. The number of anilines is 1. The SMILES string of the molecule is CC(C)NC(=O)c1cnc(N(C)C2CCS(=O)(=O)C2)cn1. The normalized spacial score (nSPS) is 20.5. The van der Waals surface area contributed by atoms with Gasteiger partial charge >= 0.3 is 0 Å². The van der Waals surface area contributed by atoms with Gasteiger partial charge in [-0.05, 0) is 20.3 Å². The number of nitrogens with zero attached hydrogens (tertiary/aromatic N) is 3. The first kappa shape index (κ1) is 15.7. The van der Waals surface area contributed by atoms with Gasteiger partial charge in [-0.3, -0.25) is 4.79 Å². The van der Waals surface area contributed by atoms with E-state index in [2.05, 4.69) is 15.3 Å². The van der Waals surface area contributed by atoms with Crippen LogP contribution in [0.25, 0.3) is 0 Å². The van der Waals surface area contributed by atoms with Gasteiger partial charge in [0.05, 0.1) is 23.9 Å². The Kier molecular flexibility index (Phi) is 4.46. The Morgan fingerprint density at radius 1 is 1.38 bits per heavy atom. The Bertz CT molecular complexity index is 613. The quantitative estimate of drug-likeness (QED) is 0.856. The van der Waals surface area contributed by atoms with Gasteiger partial charge in [0.2, 0.25) is 0 Å². The number of rotatable bonds is 4. The van der Waals surface area contributed by atoms with Crippen molar-refractivity contribution in [2.45, 2.75) is 32.4 Å². The maximum atomic E-state index is 11.8. The molecule has 7 nitrogen and oxygen atoms in total. The summed E-state index contributed by atoms with van der Waals surface area (Å²) in [5, 5.41) is 2.74. The average Bonchev–Trinajstić information content (AvgIpc) is 2.77. The standard InChI is InChI=1S/C13H20N4O3S/c1-9(2)16-13(18)11-6-15-12(7-14-11)17(3)10-4-5-21(19,20)8-10/h6-7,9-10H,4-5,8H2,1-3H3,(H,16,18). The topological polar surface area (TPSA) is 92.3 Å². The molecule has 1 atom stereocenters. The van der Waals surface area contributed by atoms with Crippen LogP contribution in [-0.4, -0.2) is 54.9 Å². The lowest BCUT2D eigenvalue weighted by Crippen LogP contribution is -2.34. The van der Waals surface area contributed by atoms with E-state index < -0.39 is 9.84 Å². The molecule has 0 saturated carbocycles. The maximum absolute atomic E-state index is 11.8. The van der Waals surface area contributed by atoms with Crippen molar-refractivity contribution >= 4 is 21.6 Å². The van der Waals surface area contributed by atoms with E-state index in [1.807, 2.05) is 18.7 Å². The van der Waals surface area contributed by atoms with Gasteiger partial charge in [-0.15, -0.1) is 0 Å². The van der Waals surface area contributed by atoms with Crippen molar-refractivity contribution < 1.29 is 13.2 Å². The number of aromatic nitrogens is 2. The molecule has 2 heterocycles. The summed E-state index contributed by atoms with van der Waals surface area (Å²) < 4.78 is 23.0. The van der Waals surface area contributed by atoms with Gasteiger partial charge < -0.3 is 10.2 Å². The second-order valence-corrected chi connectivity index (χ2v) is 7.78. The lowest BCUT2D eigenvalue weighted by atomic mass is 10.2. The van der Waals surface area contributed by atoms with Crippen molar-refractivity contribution in [2.24, 2.45) is 0 Å². The summed E-state index contributed by atoms with van der Waals surface area (Å²) in [4.78, 5) is 21.9. The van der Waals surface area contributed by atoms with E-state index in [9.17, 15) is 13.2 Å². The van der Waals surface area contributed by atoms with Crippen molar-refractivity contribution in [1.29, 1.82) is 0 Å². The van der Waals surface area contributed by atoms with Gasteiger partial charge in [0, 0.05) is 19.1 Å². The number of nitrogens with one attached hydrogen (secondary N) is 1. The smallest absolute Gasteiger partial charge is 0.271 e. The van der Waals surface area contributed by atoms with Crippen LogP contribution in [-0.2, 0) is 9.84 Å². The van der Waals surface area contributed by atoms with E-state index in [1.165, 1.54) is 12.4 Å². The van der Waals surface area contributed by atoms with Gasteiger partial charge in [0.25, 0.3) is 5.91 Å². The van der Waals surface area contributed by atoms with Crippen LogP contribution in [0.4, 0.5) is 5.82 Å². The molecule has 1 aliphatic rings. The predicted molar refractivity (Wildman–Crippen MR) is 80.1 cm³/mol. The third-order valence-electron chi connectivity index (χ3n) is 3.41. The summed E-state index contributed by atoms with van der Waals surface area (Å²) in [7, 11) is -1.14. The molecular weight excluding hydrogens is 292 g/mol. The molecule has 0 bridgehead atoms. The highest BCUT2D eigenvalue weighted by molar-refractivity contribution is 7.91. The van der Waals surface area contributed by atoms with E-state index in [4.69, 9.17) is 0 Å². The highest BCUT2D eigenvalue weighted by Crippen LogP contribution is 2.20. The molecular formula is C13H20N4O3S. The van der Waals surface area contributed by atoms with Crippen molar-refractivity contribution in [3.63, 3.8) is 0 Å².